The molecular formula is C26H24F3N3O2S. The van der Waals surface area contributed by atoms with Crippen molar-refractivity contribution in [2.75, 3.05) is 6.54 Å². The Hall–Kier alpha value is -3.46. The number of Topliss-reactive ketones (excluding diaryl/α,β-unsaturated/α-hetero) is 1. The molecule has 0 radical (unpaired) electrons. The van der Waals surface area contributed by atoms with E-state index in [1.807, 2.05) is 46.0 Å². The number of benzene rings is 1. The Morgan fingerprint density at radius 1 is 1.14 bits per heavy atom. The van der Waals surface area contributed by atoms with E-state index < -0.39 is 11.7 Å². The molecule has 1 amide bonds. The number of imidazole rings is 1. The van der Waals surface area contributed by atoms with Crippen LogP contribution in [-0.4, -0.2) is 32.5 Å². The molecule has 0 saturated carbocycles. The Balaban J connectivity index is 0.000000204. The molecule has 0 aliphatic carbocycles. The predicted octanol–water partition coefficient (Wildman–Crippen LogP) is 6.06. The zero-order chi connectivity index (χ0) is 25.2. The van der Waals surface area contributed by atoms with Crippen molar-refractivity contribution in [1.29, 1.82) is 0 Å². The van der Waals surface area contributed by atoms with Gasteiger partial charge in [-0.2, -0.15) is 13.2 Å². The van der Waals surface area contributed by atoms with Gasteiger partial charge in [-0.25, -0.2) is 4.98 Å². The van der Waals surface area contributed by atoms with Crippen LogP contribution < -0.4 is 0 Å². The molecule has 35 heavy (non-hydrogen) atoms. The lowest BCUT2D eigenvalue weighted by Gasteiger charge is -2.27. The molecule has 0 atom stereocenters. The van der Waals surface area contributed by atoms with Gasteiger partial charge in [0, 0.05) is 28.6 Å². The second kappa shape index (κ2) is 10.0. The number of rotatable bonds is 3. The number of carbonyl (C=O) groups excluding carboxylic acids is 2. The number of amides is 1. The lowest BCUT2D eigenvalue weighted by atomic mass is 10.0. The summed E-state index contributed by atoms with van der Waals surface area (Å²) in [5.41, 5.74) is 3.42. The van der Waals surface area contributed by atoms with Crippen LogP contribution in [0.15, 0.2) is 60.2 Å². The van der Waals surface area contributed by atoms with Crippen molar-refractivity contribution in [1.82, 2.24) is 14.3 Å². The largest absolute Gasteiger partial charge is 0.416 e. The number of fused-ring (bicyclic) bond motifs is 2. The maximum absolute atomic E-state index is 12.8. The Morgan fingerprint density at radius 3 is 2.66 bits per heavy atom. The summed E-state index contributed by atoms with van der Waals surface area (Å²) in [6.07, 6.45) is 0.623. The van der Waals surface area contributed by atoms with Crippen LogP contribution >= 0.6 is 11.3 Å². The van der Waals surface area contributed by atoms with Crippen molar-refractivity contribution >= 4 is 28.7 Å². The smallest absolute Gasteiger partial charge is 0.332 e. The summed E-state index contributed by atoms with van der Waals surface area (Å²) in [5.74, 6) is 0.0798. The maximum Gasteiger partial charge on any atom is 0.416 e. The third kappa shape index (κ3) is 5.30. The van der Waals surface area contributed by atoms with Gasteiger partial charge in [-0.1, -0.05) is 31.2 Å². The van der Waals surface area contributed by atoms with Gasteiger partial charge in [0.2, 0.25) is 0 Å². The van der Waals surface area contributed by atoms with Crippen molar-refractivity contribution in [2.24, 2.45) is 0 Å². The summed E-state index contributed by atoms with van der Waals surface area (Å²) < 4.78 is 38.1. The van der Waals surface area contributed by atoms with Gasteiger partial charge < -0.3 is 4.90 Å². The second-order valence-electron chi connectivity index (χ2n) is 8.21. The van der Waals surface area contributed by atoms with E-state index >= 15 is 0 Å². The average Bonchev–Trinajstić information content (AvgIpc) is 3.47. The average molecular weight is 500 g/mol. The Bertz CT molecular complexity index is 1370. The van der Waals surface area contributed by atoms with Gasteiger partial charge in [0.15, 0.2) is 5.78 Å². The van der Waals surface area contributed by atoms with E-state index in [1.165, 1.54) is 12.1 Å². The molecule has 0 N–H and O–H groups in total. The monoisotopic (exact) mass is 499 g/mol. The van der Waals surface area contributed by atoms with E-state index in [0.717, 1.165) is 34.1 Å². The molecule has 5 rings (SSSR count). The third-order valence-electron chi connectivity index (χ3n) is 5.91. The molecule has 9 heteroatoms. The zero-order valence-electron chi connectivity index (χ0n) is 19.3. The van der Waals surface area contributed by atoms with Gasteiger partial charge >= 0.3 is 6.18 Å². The number of halogens is 3. The number of hydrogen-bond donors (Lipinski definition) is 0. The first kappa shape index (κ1) is 24.7. The van der Waals surface area contributed by atoms with Crippen LogP contribution in [0, 0.1) is 0 Å². The van der Waals surface area contributed by atoms with Crippen LogP contribution in [0.4, 0.5) is 13.2 Å². The first-order valence-electron chi connectivity index (χ1n) is 11.2. The number of alkyl halides is 3. The molecular weight excluding hydrogens is 475 g/mol. The van der Waals surface area contributed by atoms with Gasteiger partial charge in [-0.05, 0) is 49.1 Å². The SMILES string of the molecule is CC(=O)c1csc2c1CCN(C(=O)c1cnc3ccccn13)C2.CCc1cccc(C(F)(F)F)c1. The number of hydrogen-bond acceptors (Lipinski definition) is 4. The van der Waals surface area contributed by atoms with Gasteiger partial charge in [0.05, 0.1) is 18.3 Å². The number of nitrogens with zero attached hydrogens (tertiary/aromatic N) is 3. The minimum atomic E-state index is -4.22. The highest BCUT2D eigenvalue weighted by Crippen LogP contribution is 2.30. The molecule has 0 fully saturated rings. The van der Waals surface area contributed by atoms with Crippen LogP contribution in [0.1, 0.15) is 56.3 Å². The van der Waals surface area contributed by atoms with Gasteiger partial charge in [-0.15, -0.1) is 11.3 Å². The summed E-state index contributed by atoms with van der Waals surface area (Å²) in [7, 11) is 0. The van der Waals surface area contributed by atoms with Gasteiger partial charge in [0.1, 0.15) is 11.3 Å². The molecule has 5 nitrogen and oxygen atoms in total. The molecule has 3 aromatic heterocycles. The van der Waals surface area contributed by atoms with Crippen LogP contribution in [0.25, 0.3) is 5.65 Å². The number of pyridine rings is 1. The van der Waals surface area contributed by atoms with Crippen LogP contribution in [0.2, 0.25) is 0 Å². The van der Waals surface area contributed by atoms with E-state index in [0.29, 0.717) is 30.8 Å². The molecule has 1 aromatic carbocycles. The molecule has 4 aromatic rings. The summed E-state index contributed by atoms with van der Waals surface area (Å²) >= 11 is 1.57. The van der Waals surface area contributed by atoms with Crippen LogP contribution in [-0.2, 0) is 25.6 Å². The van der Waals surface area contributed by atoms with E-state index in [2.05, 4.69) is 4.98 Å². The Labute approximate surface area is 204 Å². The second-order valence-corrected chi connectivity index (χ2v) is 9.17. The van der Waals surface area contributed by atoms with Crippen LogP contribution in [0.5, 0.6) is 0 Å². The quantitative estimate of drug-likeness (QED) is 0.322. The number of aryl methyl sites for hydroxylation is 1. The molecule has 4 heterocycles. The Morgan fingerprint density at radius 2 is 1.94 bits per heavy atom. The minimum absolute atomic E-state index is 0.0212. The van der Waals surface area contributed by atoms with Crippen molar-refractivity contribution in [2.45, 2.75) is 39.4 Å². The fraction of sp³-hybridized carbons (Fsp3) is 0.269. The highest BCUT2D eigenvalue weighted by molar-refractivity contribution is 7.10. The normalized spacial score (nSPS) is 13.2. The maximum atomic E-state index is 12.8. The van der Waals surface area contributed by atoms with E-state index in [1.54, 1.807) is 30.5 Å². The third-order valence-corrected chi connectivity index (χ3v) is 6.93. The number of thiophene rings is 1. The highest BCUT2D eigenvalue weighted by Gasteiger charge is 2.30. The zero-order valence-corrected chi connectivity index (χ0v) is 20.1. The summed E-state index contributed by atoms with van der Waals surface area (Å²) in [6.45, 7) is 4.61. The molecule has 0 spiro atoms. The first-order chi connectivity index (χ1) is 16.7. The van der Waals surface area contributed by atoms with Crippen molar-refractivity contribution in [3.8, 4) is 0 Å². The number of aromatic nitrogens is 2. The molecule has 0 saturated heterocycles. The van der Waals surface area contributed by atoms with Crippen LogP contribution in [0.3, 0.4) is 0 Å². The molecule has 0 bridgehead atoms. The fourth-order valence-corrected chi connectivity index (χ4v) is 5.17. The predicted molar refractivity (Wildman–Crippen MR) is 129 cm³/mol. The van der Waals surface area contributed by atoms with Gasteiger partial charge in [-0.3, -0.25) is 14.0 Å². The van der Waals surface area contributed by atoms with E-state index in [-0.39, 0.29) is 11.7 Å². The fourth-order valence-electron chi connectivity index (χ4n) is 4.02. The molecule has 1 aliphatic heterocycles. The lowest BCUT2D eigenvalue weighted by molar-refractivity contribution is -0.137. The molecule has 182 valence electrons. The Kier molecular flexibility index (Phi) is 7.07. The first-order valence-corrected chi connectivity index (χ1v) is 12.0. The molecule has 1 aliphatic rings. The summed E-state index contributed by atoms with van der Waals surface area (Å²) in [4.78, 5) is 31.7. The van der Waals surface area contributed by atoms with E-state index in [4.69, 9.17) is 0 Å². The van der Waals surface area contributed by atoms with E-state index in [9.17, 15) is 22.8 Å². The minimum Gasteiger partial charge on any atom is -0.332 e. The highest BCUT2D eigenvalue weighted by atomic mass is 32.1. The summed E-state index contributed by atoms with van der Waals surface area (Å²) in [6, 6.07) is 11.1. The van der Waals surface area contributed by atoms with Gasteiger partial charge in [0.25, 0.3) is 5.91 Å². The summed E-state index contributed by atoms with van der Waals surface area (Å²) in [5, 5.41) is 1.91. The number of carbonyl (C=O) groups is 2. The number of ketones is 1. The lowest BCUT2D eigenvalue weighted by Crippen LogP contribution is -2.36. The van der Waals surface area contributed by atoms with Crippen molar-refractivity contribution < 1.29 is 22.8 Å². The topological polar surface area (TPSA) is 54.7 Å². The van der Waals surface area contributed by atoms with Crippen molar-refractivity contribution in [3.63, 3.8) is 0 Å². The molecule has 0 unspecified atom stereocenters. The van der Waals surface area contributed by atoms with Crippen molar-refractivity contribution in [3.05, 3.63) is 93.1 Å². The standard InChI is InChI=1S/C17H15N3O2S.C9H9F3/c1-11(21)13-10-23-15-9-19(7-5-12(13)15)17(22)14-8-18-16-4-2-3-6-20(14)16;1-2-7-4-3-5-8(6-7)9(10,11)12/h2-4,6,8,10H,5,7,9H2,1H3;3-6H,2H2,1H3.